The number of anilines is 2. The summed E-state index contributed by atoms with van der Waals surface area (Å²) in [6.07, 6.45) is 1.86. The number of aryl methyl sites for hydroxylation is 1. The number of nitrogens with one attached hydrogen (secondary N) is 2. The molecule has 0 fully saturated rings. The highest BCUT2D eigenvalue weighted by molar-refractivity contribution is 9.10. The molecular weight excluding hydrogens is 715 g/mol. The largest absolute Gasteiger partial charge is 0.485 e. The molecule has 0 unspecified atom stereocenters. The van der Waals surface area contributed by atoms with Gasteiger partial charge in [-0.05, 0) is 65.3 Å². The van der Waals surface area contributed by atoms with Crippen LogP contribution in [0.4, 0.5) is 16.2 Å². The number of likely N-dealkylation sites (N-methyl/N-ethyl adjacent to an activating group) is 1. The van der Waals surface area contributed by atoms with Gasteiger partial charge in [-0.3, -0.25) is 14.0 Å². The molecule has 0 spiro atoms. The van der Waals surface area contributed by atoms with Crippen molar-refractivity contribution in [2.75, 3.05) is 64.3 Å². The van der Waals surface area contributed by atoms with Gasteiger partial charge >= 0.3 is 6.03 Å². The first-order chi connectivity index (χ1) is 22.5. The maximum Gasteiger partial charge on any atom is 0.319 e. The second-order valence-corrected chi connectivity index (χ2v) is 11.9. The smallest absolute Gasteiger partial charge is 0.319 e. The Kier molecular flexibility index (Phi) is 12.9. The van der Waals surface area contributed by atoms with Crippen LogP contribution in [0.1, 0.15) is 21.6 Å². The maximum absolute atomic E-state index is 13.1. The van der Waals surface area contributed by atoms with Crippen LogP contribution in [-0.2, 0) is 20.9 Å². The van der Waals surface area contributed by atoms with E-state index >= 15 is 0 Å². The Morgan fingerprint density at radius 2 is 1.74 bits per heavy atom. The van der Waals surface area contributed by atoms with Crippen molar-refractivity contribution in [3.63, 3.8) is 0 Å². The normalized spacial score (nSPS) is 11.0. The van der Waals surface area contributed by atoms with Gasteiger partial charge < -0.3 is 34.6 Å². The maximum atomic E-state index is 13.1. The van der Waals surface area contributed by atoms with Gasteiger partial charge in [-0.1, -0.05) is 29.3 Å². The fourth-order valence-electron chi connectivity index (χ4n) is 4.58. The van der Waals surface area contributed by atoms with Gasteiger partial charge in [0.25, 0.3) is 5.91 Å². The average molecular weight is 750 g/mol. The summed E-state index contributed by atoms with van der Waals surface area (Å²) in [6, 6.07) is 12.8. The van der Waals surface area contributed by atoms with Gasteiger partial charge in [0.15, 0.2) is 11.4 Å². The van der Waals surface area contributed by atoms with Crippen molar-refractivity contribution >= 4 is 74.0 Å². The number of imidazole rings is 1. The lowest BCUT2D eigenvalue weighted by molar-refractivity contribution is -0.117. The number of pyridine rings is 1. The van der Waals surface area contributed by atoms with Crippen LogP contribution in [0.15, 0.2) is 59.3 Å². The van der Waals surface area contributed by atoms with Crippen LogP contribution in [0.3, 0.4) is 0 Å². The Hall–Kier alpha value is -3.88. The Morgan fingerprint density at radius 3 is 2.45 bits per heavy atom. The van der Waals surface area contributed by atoms with E-state index in [1.807, 2.05) is 23.6 Å². The molecule has 2 heterocycles. The number of benzene rings is 2. The molecule has 15 heteroatoms. The lowest BCUT2D eigenvalue weighted by atomic mass is 10.1. The fraction of sp³-hybridized carbons (Fsp3) is 0.312. The minimum absolute atomic E-state index is 0.0233. The number of aromatic nitrogens is 2. The van der Waals surface area contributed by atoms with E-state index in [9.17, 15) is 14.4 Å². The van der Waals surface area contributed by atoms with Gasteiger partial charge in [0, 0.05) is 62.4 Å². The van der Waals surface area contributed by atoms with Crippen LogP contribution < -0.4 is 20.3 Å². The van der Waals surface area contributed by atoms with Crippen LogP contribution in [-0.4, -0.2) is 86.2 Å². The van der Waals surface area contributed by atoms with Crippen molar-refractivity contribution in [2.45, 2.75) is 13.5 Å². The van der Waals surface area contributed by atoms with E-state index in [0.717, 1.165) is 10.3 Å². The molecule has 47 heavy (non-hydrogen) atoms. The van der Waals surface area contributed by atoms with Crippen molar-refractivity contribution < 1.29 is 28.6 Å². The van der Waals surface area contributed by atoms with Crippen LogP contribution in [0.5, 0.6) is 5.75 Å². The summed E-state index contributed by atoms with van der Waals surface area (Å²) in [7, 11) is 4.67. The molecule has 0 aliphatic rings. The molecule has 4 rings (SSSR count). The number of halogens is 3. The highest BCUT2D eigenvalue weighted by Gasteiger charge is 2.21. The van der Waals surface area contributed by atoms with Gasteiger partial charge in [-0.2, -0.15) is 0 Å². The standard InChI is InChI=1S/C32H35BrCl2N6O6/c1-20-29(33)41-12-6-9-26(30(41)37-20)47-19-23-24(34)10-11-25(28(23)35)39(2)27(42)18-36-32(44)38-22-8-5-7-21(17-22)31(43)40(13-15-45-3)14-16-46-4/h5-12,17H,13-16,18-19H2,1-4H3,(H2,36,38,44). The first-order valence-electron chi connectivity index (χ1n) is 14.5. The van der Waals surface area contributed by atoms with E-state index in [1.165, 1.54) is 4.90 Å². The van der Waals surface area contributed by atoms with Crippen LogP contribution in [0, 0.1) is 6.92 Å². The van der Waals surface area contributed by atoms with Gasteiger partial charge in [0.2, 0.25) is 5.91 Å². The van der Waals surface area contributed by atoms with E-state index in [4.69, 9.17) is 37.4 Å². The Balaban J connectivity index is 1.37. The summed E-state index contributed by atoms with van der Waals surface area (Å²) >= 11 is 16.7. The Labute approximate surface area is 291 Å². The number of urea groups is 1. The molecule has 2 N–H and O–H groups in total. The quantitative estimate of drug-likeness (QED) is 0.167. The predicted octanol–water partition coefficient (Wildman–Crippen LogP) is 5.81. The van der Waals surface area contributed by atoms with Crippen molar-refractivity contribution in [1.82, 2.24) is 19.6 Å². The number of fused-ring (bicyclic) bond motifs is 1. The molecule has 0 aliphatic heterocycles. The van der Waals surface area contributed by atoms with Crippen molar-refractivity contribution in [3.8, 4) is 5.75 Å². The zero-order valence-corrected chi connectivity index (χ0v) is 29.4. The second kappa shape index (κ2) is 16.8. The van der Waals surface area contributed by atoms with Gasteiger partial charge in [0.05, 0.1) is 36.2 Å². The lowest BCUT2D eigenvalue weighted by Gasteiger charge is -2.22. The number of amides is 4. The predicted molar refractivity (Wildman–Crippen MR) is 185 cm³/mol. The minimum Gasteiger partial charge on any atom is -0.485 e. The van der Waals surface area contributed by atoms with E-state index in [1.54, 1.807) is 68.6 Å². The topological polar surface area (TPSA) is 127 Å². The molecule has 4 aromatic rings. The molecule has 0 saturated heterocycles. The van der Waals surface area contributed by atoms with Crippen LogP contribution in [0.25, 0.3) is 5.65 Å². The number of nitrogens with zero attached hydrogens (tertiary/aromatic N) is 4. The van der Waals surface area contributed by atoms with E-state index in [0.29, 0.717) is 65.2 Å². The number of methoxy groups -OCH3 is 2. The van der Waals surface area contributed by atoms with E-state index in [2.05, 4.69) is 31.5 Å². The summed E-state index contributed by atoms with van der Waals surface area (Å²) < 4.78 is 19.0. The molecular formula is C32H35BrCl2N6O6. The van der Waals surface area contributed by atoms with E-state index in [-0.39, 0.29) is 24.1 Å². The molecule has 0 radical (unpaired) electrons. The number of rotatable bonds is 14. The molecule has 4 amide bonds. The summed E-state index contributed by atoms with van der Waals surface area (Å²) in [5.41, 5.74) is 3.07. The van der Waals surface area contributed by atoms with Gasteiger partial charge in [-0.25, -0.2) is 9.78 Å². The first kappa shape index (κ1) is 36.0. The zero-order chi connectivity index (χ0) is 34.1. The zero-order valence-electron chi connectivity index (χ0n) is 26.3. The molecule has 0 saturated carbocycles. The summed E-state index contributed by atoms with van der Waals surface area (Å²) in [5.74, 6) is -0.135. The number of hydrogen-bond acceptors (Lipinski definition) is 7. The fourth-order valence-corrected chi connectivity index (χ4v) is 5.56. The van der Waals surface area contributed by atoms with Crippen LogP contribution >= 0.6 is 39.1 Å². The van der Waals surface area contributed by atoms with Crippen molar-refractivity contribution in [3.05, 3.63) is 86.2 Å². The number of carbonyl (C=O) groups is 3. The first-order valence-corrected chi connectivity index (χ1v) is 16.0. The minimum atomic E-state index is -0.627. The molecule has 0 atom stereocenters. The SMILES string of the molecule is COCCN(CCOC)C(=O)c1cccc(NC(=O)NCC(=O)N(C)c2ccc(Cl)c(COc3cccn4c(Br)c(C)nc34)c2Cl)c1. The second-order valence-electron chi connectivity index (χ2n) is 10.3. The van der Waals surface area contributed by atoms with Crippen molar-refractivity contribution in [2.24, 2.45) is 0 Å². The third kappa shape index (κ3) is 8.93. The van der Waals surface area contributed by atoms with Gasteiger partial charge in [0.1, 0.15) is 11.2 Å². The number of carbonyl (C=O) groups excluding carboxylic acids is 3. The molecule has 0 bridgehead atoms. The number of hydrogen-bond donors (Lipinski definition) is 2. The lowest BCUT2D eigenvalue weighted by Crippen LogP contribution is -2.40. The molecule has 0 aliphatic carbocycles. The molecule has 12 nitrogen and oxygen atoms in total. The number of ether oxygens (including phenoxy) is 3. The molecule has 2 aromatic carbocycles. The summed E-state index contributed by atoms with van der Waals surface area (Å²) in [4.78, 5) is 46.3. The average Bonchev–Trinajstić information content (AvgIpc) is 3.36. The highest BCUT2D eigenvalue weighted by atomic mass is 79.9. The monoisotopic (exact) mass is 748 g/mol. The Bertz CT molecular complexity index is 1740. The highest BCUT2D eigenvalue weighted by Crippen LogP contribution is 2.35. The third-order valence-electron chi connectivity index (χ3n) is 7.17. The van der Waals surface area contributed by atoms with Gasteiger partial charge in [-0.15, -0.1) is 0 Å². The Morgan fingerprint density at radius 1 is 1.02 bits per heavy atom. The van der Waals surface area contributed by atoms with E-state index < -0.39 is 11.9 Å². The molecule has 2 aromatic heterocycles. The van der Waals surface area contributed by atoms with Crippen LogP contribution in [0.2, 0.25) is 10.0 Å². The molecule has 250 valence electrons. The van der Waals surface area contributed by atoms with Crippen molar-refractivity contribution in [1.29, 1.82) is 0 Å². The summed E-state index contributed by atoms with van der Waals surface area (Å²) in [6.45, 7) is 3.09. The third-order valence-corrected chi connectivity index (χ3v) is 8.91. The summed E-state index contributed by atoms with van der Waals surface area (Å²) in [5, 5.41) is 5.81.